The number of amides is 1. The Morgan fingerprint density at radius 3 is 2.29 bits per heavy atom. The van der Waals surface area contributed by atoms with Gasteiger partial charge in [-0.05, 0) is 26.7 Å². The summed E-state index contributed by atoms with van der Waals surface area (Å²) in [6.45, 7) is 4.90. The van der Waals surface area contributed by atoms with Gasteiger partial charge in [-0.15, -0.1) is 11.6 Å². The van der Waals surface area contributed by atoms with Crippen molar-refractivity contribution in [2.45, 2.75) is 26.7 Å². The van der Waals surface area contributed by atoms with E-state index in [1.54, 1.807) is 4.90 Å². The number of esters is 1. The molecule has 1 saturated heterocycles. The summed E-state index contributed by atoms with van der Waals surface area (Å²) in [7, 11) is 1.40. The maximum absolute atomic E-state index is 12.1. The predicted molar refractivity (Wildman–Crippen MR) is 65.8 cm³/mol. The highest BCUT2D eigenvalue weighted by Crippen LogP contribution is 2.25. The molecule has 4 nitrogen and oxygen atoms in total. The van der Waals surface area contributed by atoms with Crippen LogP contribution in [0, 0.1) is 11.3 Å². The Hall–Kier alpha value is -0.770. The molecule has 17 heavy (non-hydrogen) atoms. The van der Waals surface area contributed by atoms with Crippen molar-refractivity contribution >= 4 is 23.5 Å². The largest absolute Gasteiger partial charge is 0.469 e. The van der Waals surface area contributed by atoms with Gasteiger partial charge in [0.1, 0.15) is 0 Å². The number of methoxy groups -OCH3 is 1. The molecule has 1 amide bonds. The molecule has 98 valence electrons. The second-order valence-corrected chi connectivity index (χ2v) is 5.37. The summed E-state index contributed by atoms with van der Waals surface area (Å²) in [4.78, 5) is 25.3. The van der Waals surface area contributed by atoms with E-state index < -0.39 is 5.41 Å². The standard InChI is InChI=1S/C12H20ClNO3/c1-12(2,8-13)11(16)14-6-4-9(5-7-14)10(15)17-3/h9H,4-8H2,1-3H3. The first kappa shape index (κ1) is 14.3. The molecule has 1 heterocycles. The fourth-order valence-corrected chi connectivity index (χ4v) is 2.08. The molecule has 5 heteroatoms. The van der Waals surface area contributed by atoms with Crippen molar-refractivity contribution in [1.82, 2.24) is 4.90 Å². The van der Waals surface area contributed by atoms with Gasteiger partial charge in [-0.25, -0.2) is 0 Å². The van der Waals surface area contributed by atoms with Crippen LogP contribution in [0.2, 0.25) is 0 Å². The predicted octanol–water partition coefficient (Wildman–Crippen LogP) is 1.66. The number of hydrogen-bond acceptors (Lipinski definition) is 3. The van der Waals surface area contributed by atoms with Crippen molar-refractivity contribution in [3.8, 4) is 0 Å². The van der Waals surface area contributed by atoms with E-state index in [1.165, 1.54) is 7.11 Å². The zero-order chi connectivity index (χ0) is 13.1. The summed E-state index contributed by atoms with van der Waals surface area (Å²) < 4.78 is 4.71. The molecule has 0 radical (unpaired) electrons. The summed E-state index contributed by atoms with van der Waals surface area (Å²) in [5, 5.41) is 0. The van der Waals surface area contributed by atoms with Gasteiger partial charge in [0.05, 0.1) is 18.4 Å². The van der Waals surface area contributed by atoms with Gasteiger partial charge in [-0.2, -0.15) is 0 Å². The Bertz CT molecular complexity index is 296. The minimum Gasteiger partial charge on any atom is -0.469 e. The van der Waals surface area contributed by atoms with Gasteiger partial charge < -0.3 is 9.64 Å². The molecule has 0 bridgehead atoms. The molecule has 1 rings (SSSR count). The lowest BCUT2D eigenvalue weighted by Crippen LogP contribution is -2.46. The molecule has 0 aromatic rings. The molecule has 0 atom stereocenters. The van der Waals surface area contributed by atoms with Gasteiger partial charge in [0.25, 0.3) is 0 Å². The number of piperidine rings is 1. The van der Waals surface area contributed by atoms with Crippen LogP contribution in [0.5, 0.6) is 0 Å². The van der Waals surface area contributed by atoms with E-state index in [-0.39, 0.29) is 17.8 Å². The average molecular weight is 262 g/mol. The summed E-state index contributed by atoms with van der Waals surface area (Å²) in [6, 6.07) is 0. The lowest BCUT2D eigenvalue weighted by molar-refractivity contribution is -0.150. The highest BCUT2D eigenvalue weighted by atomic mass is 35.5. The summed E-state index contributed by atoms with van der Waals surface area (Å²) in [5.74, 6) is 0.135. The molecule has 0 aromatic carbocycles. The van der Waals surface area contributed by atoms with Gasteiger partial charge in [-0.3, -0.25) is 9.59 Å². The number of hydrogen-bond donors (Lipinski definition) is 0. The van der Waals surface area contributed by atoms with E-state index in [1.807, 2.05) is 13.8 Å². The quantitative estimate of drug-likeness (QED) is 0.573. The number of nitrogens with zero attached hydrogens (tertiary/aromatic N) is 1. The highest BCUT2D eigenvalue weighted by Gasteiger charge is 2.34. The van der Waals surface area contributed by atoms with Crippen molar-refractivity contribution in [2.24, 2.45) is 11.3 Å². The van der Waals surface area contributed by atoms with E-state index in [0.29, 0.717) is 31.8 Å². The molecule has 0 N–H and O–H groups in total. The molecule has 1 fully saturated rings. The Labute approximate surface area is 107 Å². The first-order chi connectivity index (χ1) is 7.92. The highest BCUT2D eigenvalue weighted by molar-refractivity contribution is 6.19. The van der Waals surface area contributed by atoms with Crippen LogP contribution < -0.4 is 0 Å². The minimum absolute atomic E-state index is 0.0656. The number of halogens is 1. The van der Waals surface area contributed by atoms with E-state index in [2.05, 4.69) is 0 Å². The molecule has 1 aliphatic heterocycles. The monoisotopic (exact) mass is 261 g/mol. The lowest BCUT2D eigenvalue weighted by Gasteiger charge is -2.35. The van der Waals surface area contributed by atoms with Gasteiger partial charge in [0, 0.05) is 19.0 Å². The maximum atomic E-state index is 12.1. The van der Waals surface area contributed by atoms with Crippen LogP contribution in [-0.4, -0.2) is 42.9 Å². The molecular formula is C12H20ClNO3. The van der Waals surface area contributed by atoms with Crippen molar-refractivity contribution < 1.29 is 14.3 Å². The van der Waals surface area contributed by atoms with Crippen LogP contribution >= 0.6 is 11.6 Å². The van der Waals surface area contributed by atoms with Crippen molar-refractivity contribution in [2.75, 3.05) is 26.1 Å². The van der Waals surface area contributed by atoms with E-state index in [0.717, 1.165) is 0 Å². The molecule has 0 saturated carbocycles. The van der Waals surface area contributed by atoms with Crippen molar-refractivity contribution in [3.63, 3.8) is 0 Å². The topological polar surface area (TPSA) is 46.6 Å². The van der Waals surface area contributed by atoms with Crippen LogP contribution in [0.25, 0.3) is 0 Å². The minimum atomic E-state index is -0.528. The van der Waals surface area contributed by atoms with Crippen LogP contribution in [0.3, 0.4) is 0 Å². The van der Waals surface area contributed by atoms with Crippen molar-refractivity contribution in [1.29, 1.82) is 0 Å². The molecule has 0 aliphatic carbocycles. The first-order valence-electron chi connectivity index (χ1n) is 5.85. The smallest absolute Gasteiger partial charge is 0.308 e. The molecule has 0 spiro atoms. The second kappa shape index (κ2) is 5.71. The van der Waals surface area contributed by atoms with Gasteiger partial charge in [0.15, 0.2) is 0 Å². The van der Waals surface area contributed by atoms with Crippen LogP contribution in [-0.2, 0) is 14.3 Å². The molecular weight excluding hydrogens is 242 g/mol. The zero-order valence-corrected chi connectivity index (χ0v) is 11.4. The summed E-state index contributed by atoms with van der Waals surface area (Å²) in [6.07, 6.45) is 1.35. The third-order valence-electron chi connectivity index (χ3n) is 3.23. The fraction of sp³-hybridized carbons (Fsp3) is 0.833. The Balaban J connectivity index is 2.52. The summed E-state index contributed by atoms with van der Waals surface area (Å²) in [5.41, 5.74) is -0.528. The number of rotatable bonds is 3. The van der Waals surface area contributed by atoms with Crippen LogP contribution in [0.1, 0.15) is 26.7 Å². The van der Waals surface area contributed by atoms with Crippen LogP contribution in [0.15, 0.2) is 0 Å². The number of ether oxygens (including phenoxy) is 1. The van der Waals surface area contributed by atoms with Crippen LogP contribution in [0.4, 0.5) is 0 Å². The Morgan fingerprint density at radius 1 is 1.35 bits per heavy atom. The second-order valence-electron chi connectivity index (χ2n) is 5.11. The number of carbonyl (C=O) groups is 2. The lowest BCUT2D eigenvalue weighted by atomic mass is 9.91. The zero-order valence-electron chi connectivity index (χ0n) is 10.7. The number of likely N-dealkylation sites (tertiary alicyclic amines) is 1. The average Bonchev–Trinajstić information content (AvgIpc) is 2.37. The van der Waals surface area contributed by atoms with E-state index >= 15 is 0 Å². The number of alkyl halides is 1. The Kier molecular flexibility index (Phi) is 4.80. The number of carbonyl (C=O) groups excluding carboxylic acids is 2. The van der Waals surface area contributed by atoms with Gasteiger partial charge >= 0.3 is 5.97 Å². The Morgan fingerprint density at radius 2 is 1.88 bits per heavy atom. The molecule has 0 unspecified atom stereocenters. The van der Waals surface area contributed by atoms with Gasteiger partial charge in [0.2, 0.25) is 5.91 Å². The van der Waals surface area contributed by atoms with E-state index in [9.17, 15) is 9.59 Å². The van der Waals surface area contributed by atoms with Crippen molar-refractivity contribution in [3.05, 3.63) is 0 Å². The SMILES string of the molecule is COC(=O)C1CCN(C(=O)C(C)(C)CCl)CC1. The summed E-state index contributed by atoms with van der Waals surface area (Å²) >= 11 is 5.79. The first-order valence-corrected chi connectivity index (χ1v) is 6.39. The molecule has 1 aliphatic rings. The third kappa shape index (κ3) is 3.35. The maximum Gasteiger partial charge on any atom is 0.308 e. The van der Waals surface area contributed by atoms with Gasteiger partial charge in [-0.1, -0.05) is 0 Å². The fourth-order valence-electron chi connectivity index (χ4n) is 1.97. The normalized spacial score (nSPS) is 18.0. The molecule has 0 aromatic heterocycles. The third-order valence-corrected chi connectivity index (χ3v) is 3.90. The van der Waals surface area contributed by atoms with E-state index in [4.69, 9.17) is 16.3 Å².